The highest BCUT2D eigenvalue weighted by molar-refractivity contribution is 5.34. The first-order valence-electron chi connectivity index (χ1n) is 2.51. The van der Waals surface area contributed by atoms with Gasteiger partial charge in [-0.3, -0.25) is 4.57 Å². The maximum atomic E-state index is 8.94. The fourth-order valence-electron chi connectivity index (χ4n) is 0.554. The molecule has 0 aliphatic heterocycles. The van der Waals surface area contributed by atoms with Gasteiger partial charge in [-0.05, 0) is 0 Å². The molecule has 1 aromatic heterocycles. The van der Waals surface area contributed by atoms with Crippen LogP contribution in [0.5, 0.6) is 11.9 Å². The van der Waals surface area contributed by atoms with Crippen LogP contribution in [0.4, 0.5) is 0 Å². The lowest BCUT2D eigenvalue weighted by atomic mass is 10.5. The summed E-state index contributed by atoms with van der Waals surface area (Å²) >= 11 is 0. The van der Waals surface area contributed by atoms with Gasteiger partial charge in [0.15, 0.2) is 0 Å². The lowest BCUT2D eigenvalue weighted by molar-refractivity contribution is 0.379. The maximum absolute atomic E-state index is 8.94. The van der Waals surface area contributed by atoms with Crippen LogP contribution in [0.15, 0.2) is 0 Å². The Kier molecular flexibility index (Phi) is 1.23. The fourth-order valence-corrected chi connectivity index (χ4v) is 0.554. The number of imidazole rings is 1. The third-order valence-electron chi connectivity index (χ3n) is 1.15. The van der Waals surface area contributed by atoms with Crippen LogP contribution in [0.3, 0.4) is 0 Å². The number of aromatic nitrogens is 2. The molecule has 0 saturated carbocycles. The minimum Gasteiger partial charge on any atom is -0.492 e. The summed E-state index contributed by atoms with van der Waals surface area (Å²) in [6.45, 7) is 0. The Bertz CT molecular complexity index is 297. The van der Waals surface area contributed by atoms with Gasteiger partial charge in [0.1, 0.15) is 6.07 Å². The van der Waals surface area contributed by atoms with Gasteiger partial charge in [-0.25, -0.2) is 0 Å². The average molecular weight is 139 g/mol. The number of aromatic hydroxyl groups is 2. The Balaban J connectivity index is 3.34. The molecular formula is C5H5N3O2. The molecule has 1 rings (SSSR count). The Morgan fingerprint density at radius 2 is 2.20 bits per heavy atom. The van der Waals surface area contributed by atoms with E-state index in [1.807, 2.05) is 0 Å². The van der Waals surface area contributed by atoms with Crippen molar-refractivity contribution in [2.24, 2.45) is 7.05 Å². The number of nitrogens with zero attached hydrogens (tertiary/aromatic N) is 3. The van der Waals surface area contributed by atoms with E-state index in [2.05, 4.69) is 4.98 Å². The van der Waals surface area contributed by atoms with Crippen molar-refractivity contribution in [3.8, 4) is 18.0 Å². The molecule has 0 radical (unpaired) electrons. The molecule has 0 aromatic carbocycles. The monoisotopic (exact) mass is 139 g/mol. The summed E-state index contributed by atoms with van der Waals surface area (Å²) in [5, 5.41) is 26.0. The van der Waals surface area contributed by atoms with E-state index in [9.17, 15) is 0 Å². The zero-order valence-electron chi connectivity index (χ0n) is 5.24. The molecule has 10 heavy (non-hydrogen) atoms. The van der Waals surface area contributed by atoms with Crippen molar-refractivity contribution < 1.29 is 10.2 Å². The molecular weight excluding hydrogens is 134 g/mol. The first kappa shape index (κ1) is 6.42. The van der Waals surface area contributed by atoms with Gasteiger partial charge < -0.3 is 10.2 Å². The van der Waals surface area contributed by atoms with E-state index >= 15 is 0 Å². The zero-order chi connectivity index (χ0) is 7.72. The van der Waals surface area contributed by atoms with E-state index in [-0.39, 0.29) is 17.6 Å². The molecule has 0 atom stereocenters. The molecule has 0 spiro atoms. The summed E-state index contributed by atoms with van der Waals surface area (Å²) < 4.78 is 1.01. The standard InChI is InChI=1S/C5H5N3O2/c1-8-4(9)3(2-6)7-5(8)10/h9H,1H3,(H,7,10). The van der Waals surface area contributed by atoms with Gasteiger partial charge in [-0.2, -0.15) is 10.2 Å². The Morgan fingerprint density at radius 1 is 1.60 bits per heavy atom. The van der Waals surface area contributed by atoms with E-state index in [0.29, 0.717) is 0 Å². The molecule has 0 unspecified atom stereocenters. The van der Waals surface area contributed by atoms with Crippen molar-refractivity contribution in [3.05, 3.63) is 5.69 Å². The zero-order valence-corrected chi connectivity index (χ0v) is 5.24. The molecule has 5 heteroatoms. The van der Waals surface area contributed by atoms with E-state index in [1.165, 1.54) is 7.05 Å². The summed E-state index contributed by atoms with van der Waals surface area (Å²) in [4.78, 5) is 3.34. The lowest BCUT2D eigenvalue weighted by Gasteiger charge is -1.91. The molecule has 1 aromatic rings. The number of hydrogen-bond acceptors (Lipinski definition) is 4. The van der Waals surface area contributed by atoms with E-state index in [0.717, 1.165) is 4.57 Å². The molecule has 0 aliphatic carbocycles. The highest BCUT2D eigenvalue weighted by Crippen LogP contribution is 2.19. The van der Waals surface area contributed by atoms with Crippen molar-refractivity contribution in [3.63, 3.8) is 0 Å². The van der Waals surface area contributed by atoms with Crippen LogP contribution in [0.1, 0.15) is 5.69 Å². The quantitative estimate of drug-likeness (QED) is 0.517. The normalized spacial score (nSPS) is 9.20. The van der Waals surface area contributed by atoms with Crippen molar-refractivity contribution in [2.45, 2.75) is 0 Å². The van der Waals surface area contributed by atoms with Gasteiger partial charge in [0.25, 0.3) is 6.01 Å². The first-order valence-corrected chi connectivity index (χ1v) is 2.51. The molecule has 52 valence electrons. The smallest absolute Gasteiger partial charge is 0.297 e. The van der Waals surface area contributed by atoms with E-state index in [1.54, 1.807) is 6.07 Å². The van der Waals surface area contributed by atoms with Gasteiger partial charge in [0.2, 0.25) is 11.6 Å². The Hall–Kier alpha value is -1.70. The van der Waals surface area contributed by atoms with Crippen LogP contribution in [-0.4, -0.2) is 19.8 Å². The second-order valence-electron chi connectivity index (χ2n) is 1.75. The van der Waals surface area contributed by atoms with Crippen molar-refractivity contribution in [1.82, 2.24) is 9.55 Å². The third kappa shape index (κ3) is 0.666. The number of nitriles is 1. The number of rotatable bonds is 0. The Labute approximate surface area is 56.8 Å². The molecule has 5 nitrogen and oxygen atoms in total. The lowest BCUT2D eigenvalue weighted by Crippen LogP contribution is -1.84. The summed E-state index contributed by atoms with van der Waals surface area (Å²) in [5.41, 5.74) is -0.167. The third-order valence-corrected chi connectivity index (χ3v) is 1.15. The topological polar surface area (TPSA) is 82.1 Å². The predicted octanol–water partition coefficient (Wildman–Crippen LogP) is -0.297. The molecule has 0 amide bonds. The summed E-state index contributed by atoms with van der Waals surface area (Å²) in [5.74, 6) is -0.319. The molecule has 0 aliphatic rings. The number of hydrogen-bond donors (Lipinski definition) is 2. The van der Waals surface area contributed by atoms with Gasteiger partial charge in [0.05, 0.1) is 0 Å². The average Bonchev–Trinajstić information content (AvgIpc) is 2.17. The minimum atomic E-state index is -0.367. The molecule has 0 bridgehead atoms. The SMILES string of the molecule is Cn1c(O)nc(C#N)c1O. The molecule has 1 heterocycles. The van der Waals surface area contributed by atoms with Crippen LogP contribution < -0.4 is 0 Å². The van der Waals surface area contributed by atoms with E-state index in [4.69, 9.17) is 15.5 Å². The molecule has 2 N–H and O–H groups in total. The molecule has 0 saturated heterocycles. The van der Waals surface area contributed by atoms with Gasteiger partial charge in [-0.1, -0.05) is 0 Å². The van der Waals surface area contributed by atoms with Crippen LogP contribution in [-0.2, 0) is 7.05 Å². The van der Waals surface area contributed by atoms with E-state index < -0.39 is 0 Å². The van der Waals surface area contributed by atoms with Crippen molar-refractivity contribution in [2.75, 3.05) is 0 Å². The summed E-state index contributed by atoms with van der Waals surface area (Å²) in [7, 11) is 1.40. The van der Waals surface area contributed by atoms with Crippen molar-refractivity contribution in [1.29, 1.82) is 5.26 Å². The maximum Gasteiger partial charge on any atom is 0.297 e. The molecule has 0 fully saturated rings. The second kappa shape index (κ2) is 1.92. The van der Waals surface area contributed by atoms with Crippen molar-refractivity contribution >= 4 is 0 Å². The van der Waals surface area contributed by atoms with Crippen LogP contribution in [0.25, 0.3) is 0 Å². The highest BCUT2D eigenvalue weighted by atomic mass is 16.3. The Morgan fingerprint density at radius 3 is 2.40 bits per heavy atom. The van der Waals surface area contributed by atoms with Gasteiger partial charge in [0, 0.05) is 7.05 Å². The minimum absolute atomic E-state index is 0.167. The summed E-state index contributed by atoms with van der Waals surface area (Å²) in [6.07, 6.45) is 0. The predicted molar refractivity (Wildman–Crippen MR) is 31.3 cm³/mol. The van der Waals surface area contributed by atoms with Gasteiger partial charge in [-0.15, -0.1) is 0 Å². The first-order chi connectivity index (χ1) is 4.66. The second-order valence-corrected chi connectivity index (χ2v) is 1.75. The van der Waals surface area contributed by atoms with Crippen LogP contribution in [0, 0.1) is 11.3 Å². The van der Waals surface area contributed by atoms with Crippen LogP contribution >= 0.6 is 0 Å². The highest BCUT2D eigenvalue weighted by Gasteiger charge is 2.10. The van der Waals surface area contributed by atoms with Gasteiger partial charge >= 0.3 is 0 Å². The van der Waals surface area contributed by atoms with Crippen LogP contribution in [0.2, 0.25) is 0 Å². The largest absolute Gasteiger partial charge is 0.492 e. The summed E-state index contributed by atoms with van der Waals surface area (Å²) in [6, 6.07) is 1.25. The fraction of sp³-hybridized carbons (Fsp3) is 0.200.